The van der Waals surface area contributed by atoms with Gasteiger partial charge in [0.15, 0.2) is 5.82 Å². The summed E-state index contributed by atoms with van der Waals surface area (Å²) < 4.78 is 1.44. The second-order valence-corrected chi connectivity index (χ2v) is 8.65. The van der Waals surface area contributed by atoms with Gasteiger partial charge in [0.25, 0.3) is 5.56 Å². The maximum Gasteiger partial charge on any atom is 0.267 e. The van der Waals surface area contributed by atoms with Crippen LogP contribution in [0.3, 0.4) is 0 Å². The quantitative estimate of drug-likeness (QED) is 0.329. The van der Waals surface area contributed by atoms with Gasteiger partial charge in [0, 0.05) is 11.1 Å². The number of nitrogens with one attached hydrogen (secondary N) is 2. The number of hydrogen-bond acceptors (Lipinski definition) is 8. The van der Waals surface area contributed by atoms with Crippen LogP contribution in [0, 0.1) is 5.92 Å². The van der Waals surface area contributed by atoms with Crippen LogP contribution >= 0.6 is 34.8 Å². The second kappa shape index (κ2) is 7.80. The van der Waals surface area contributed by atoms with Gasteiger partial charge >= 0.3 is 0 Å². The number of nitrogen functional groups attached to an aromatic ring is 2. The number of hydrogen-bond donors (Lipinski definition) is 4. The molecule has 3 aromatic heterocycles. The van der Waals surface area contributed by atoms with Crippen molar-refractivity contribution in [1.29, 1.82) is 0 Å². The van der Waals surface area contributed by atoms with Crippen LogP contribution in [0.25, 0.3) is 16.7 Å². The molecule has 6 N–H and O–H groups in total. The first kappa shape index (κ1) is 20.8. The van der Waals surface area contributed by atoms with E-state index >= 15 is 0 Å². The van der Waals surface area contributed by atoms with Gasteiger partial charge in [0.1, 0.15) is 22.5 Å². The van der Waals surface area contributed by atoms with Crippen molar-refractivity contribution >= 4 is 63.3 Å². The Balaban J connectivity index is 1.76. The fourth-order valence-corrected chi connectivity index (χ4v) is 4.27. The first-order valence-electron chi connectivity index (χ1n) is 9.60. The van der Waals surface area contributed by atoms with Gasteiger partial charge in [-0.1, -0.05) is 34.8 Å². The lowest BCUT2D eigenvalue weighted by Gasteiger charge is -2.23. The van der Waals surface area contributed by atoms with Crippen LogP contribution in [0.1, 0.15) is 24.7 Å². The SMILES string of the molecule is Nc1nc(N)c(Cl)c(N[C@H](c2nc3c(Cl)cc(Cl)cc3c(=O)n2-c2ccn[nH]2)C2CC2)n1. The van der Waals surface area contributed by atoms with Crippen molar-refractivity contribution < 1.29 is 0 Å². The maximum absolute atomic E-state index is 13.6. The molecule has 0 radical (unpaired) electrons. The molecular weight excluding hydrogens is 477 g/mol. The average Bonchev–Trinajstić information content (AvgIpc) is 3.44. The predicted octanol–water partition coefficient (Wildman–Crippen LogP) is 3.59. The Morgan fingerprint density at radius 3 is 2.62 bits per heavy atom. The van der Waals surface area contributed by atoms with Crippen molar-refractivity contribution in [2.75, 3.05) is 16.8 Å². The zero-order chi connectivity index (χ0) is 22.6. The van der Waals surface area contributed by atoms with Crippen LogP contribution in [0.15, 0.2) is 29.2 Å². The lowest BCUT2D eigenvalue weighted by atomic mass is 10.1. The molecule has 0 bridgehead atoms. The number of anilines is 3. The van der Waals surface area contributed by atoms with Gasteiger partial charge in [-0.3, -0.25) is 9.89 Å². The monoisotopic (exact) mass is 491 g/mol. The van der Waals surface area contributed by atoms with Crippen molar-refractivity contribution in [1.82, 2.24) is 29.7 Å². The van der Waals surface area contributed by atoms with E-state index in [4.69, 9.17) is 51.3 Å². The molecule has 1 fully saturated rings. The Bertz CT molecular complexity index is 1400. The van der Waals surface area contributed by atoms with Crippen molar-refractivity contribution in [3.8, 4) is 5.82 Å². The molecule has 1 aliphatic rings. The summed E-state index contributed by atoms with van der Waals surface area (Å²) in [6, 6.07) is 4.30. The van der Waals surface area contributed by atoms with Gasteiger partial charge in [0.2, 0.25) is 5.95 Å². The van der Waals surface area contributed by atoms with Crippen LogP contribution in [0.4, 0.5) is 17.6 Å². The number of nitrogens with zero attached hydrogens (tertiary/aromatic N) is 5. The number of fused-ring (bicyclic) bond motifs is 1. The Hall–Kier alpha value is -3.08. The third-order valence-corrected chi connectivity index (χ3v) is 6.08. The fraction of sp³-hybridized carbons (Fsp3) is 0.211. The number of H-pyrrole nitrogens is 1. The van der Waals surface area contributed by atoms with Crippen molar-refractivity contribution in [2.45, 2.75) is 18.9 Å². The van der Waals surface area contributed by atoms with E-state index in [0.29, 0.717) is 22.2 Å². The zero-order valence-electron chi connectivity index (χ0n) is 16.3. The van der Waals surface area contributed by atoms with Crippen LogP contribution in [0.5, 0.6) is 0 Å². The Morgan fingerprint density at radius 1 is 1.16 bits per heavy atom. The summed E-state index contributed by atoms with van der Waals surface area (Å²) in [5.74, 6) is 1.28. The largest absolute Gasteiger partial charge is 0.382 e. The normalized spacial score (nSPS) is 14.6. The van der Waals surface area contributed by atoms with Gasteiger partial charge in [-0.25, -0.2) is 9.55 Å². The first-order valence-corrected chi connectivity index (χ1v) is 10.7. The van der Waals surface area contributed by atoms with Gasteiger partial charge in [-0.15, -0.1) is 0 Å². The molecule has 0 aliphatic heterocycles. The maximum atomic E-state index is 13.6. The Labute approximate surface area is 195 Å². The minimum absolute atomic E-state index is 0.0286. The standard InChI is InChI=1S/C19H16Cl3N9O/c20-8-5-9-14(10(21)6-8)27-17(31(18(9)32)11-3-4-25-30-11)13(7-1-2-7)26-16-12(22)15(23)28-19(24)29-16/h3-7,13H,1-2H2,(H,25,30)(H5,23,24,26,28,29)/t13-/m0/s1. The molecule has 0 unspecified atom stereocenters. The van der Waals surface area contributed by atoms with Crippen molar-refractivity contribution in [2.24, 2.45) is 5.92 Å². The first-order chi connectivity index (χ1) is 15.3. The van der Waals surface area contributed by atoms with E-state index in [0.717, 1.165) is 12.8 Å². The Kier molecular flexibility index (Phi) is 5.07. The number of benzene rings is 1. The summed E-state index contributed by atoms with van der Waals surface area (Å²) in [6.07, 6.45) is 3.37. The van der Waals surface area contributed by atoms with Crippen LogP contribution in [0.2, 0.25) is 15.1 Å². The lowest BCUT2D eigenvalue weighted by molar-refractivity contribution is 0.605. The molecule has 1 saturated carbocycles. The van der Waals surface area contributed by atoms with Gasteiger partial charge in [0.05, 0.1) is 28.2 Å². The molecule has 1 aliphatic carbocycles. The molecule has 3 heterocycles. The third kappa shape index (κ3) is 3.60. The zero-order valence-corrected chi connectivity index (χ0v) is 18.6. The highest BCUT2D eigenvalue weighted by Crippen LogP contribution is 2.44. The van der Waals surface area contributed by atoms with E-state index in [1.807, 2.05) is 0 Å². The Morgan fingerprint density at radius 2 is 1.94 bits per heavy atom. The summed E-state index contributed by atoms with van der Waals surface area (Å²) in [6.45, 7) is 0. The molecule has 0 amide bonds. The van der Waals surface area contributed by atoms with E-state index < -0.39 is 6.04 Å². The van der Waals surface area contributed by atoms with Crippen LogP contribution in [-0.4, -0.2) is 29.7 Å². The molecule has 32 heavy (non-hydrogen) atoms. The summed E-state index contributed by atoms with van der Waals surface area (Å²) in [4.78, 5) is 26.4. The van der Waals surface area contributed by atoms with E-state index in [2.05, 4.69) is 25.5 Å². The van der Waals surface area contributed by atoms with E-state index in [1.165, 1.54) is 10.6 Å². The molecule has 4 aromatic rings. The van der Waals surface area contributed by atoms with Crippen LogP contribution < -0.4 is 22.3 Å². The molecule has 5 rings (SSSR count). The highest BCUT2D eigenvalue weighted by atomic mass is 35.5. The van der Waals surface area contributed by atoms with Crippen LogP contribution in [-0.2, 0) is 0 Å². The summed E-state index contributed by atoms with van der Waals surface area (Å²) in [7, 11) is 0. The smallest absolute Gasteiger partial charge is 0.267 e. The van der Waals surface area contributed by atoms with Gasteiger partial charge in [-0.05, 0) is 30.9 Å². The average molecular weight is 493 g/mol. The number of halogens is 3. The second-order valence-electron chi connectivity index (χ2n) is 7.43. The van der Waals surface area contributed by atoms with Gasteiger partial charge in [-0.2, -0.15) is 15.1 Å². The highest BCUT2D eigenvalue weighted by Gasteiger charge is 2.37. The summed E-state index contributed by atoms with van der Waals surface area (Å²) in [5, 5.41) is 11.1. The minimum atomic E-state index is -0.451. The molecule has 10 nitrogen and oxygen atoms in total. The highest BCUT2D eigenvalue weighted by molar-refractivity contribution is 6.38. The van der Waals surface area contributed by atoms with E-state index in [9.17, 15) is 4.79 Å². The molecule has 1 atom stereocenters. The number of nitrogens with two attached hydrogens (primary N) is 2. The lowest BCUT2D eigenvalue weighted by Crippen LogP contribution is -2.30. The third-order valence-electron chi connectivity index (χ3n) is 5.20. The molecular formula is C19H16Cl3N9O. The molecule has 164 valence electrons. The molecule has 13 heteroatoms. The van der Waals surface area contributed by atoms with Crippen molar-refractivity contribution in [3.63, 3.8) is 0 Å². The molecule has 1 aromatic carbocycles. The molecule has 0 spiro atoms. The summed E-state index contributed by atoms with van der Waals surface area (Å²) in [5.41, 5.74) is 11.6. The number of aromatic amines is 1. The number of rotatable bonds is 5. The fourth-order valence-electron chi connectivity index (χ4n) is 3.59. The van der Waals surface area contributed by atoms with Gasteiger partial charge < -0.3 is 16.8 Å². The summed E-state index contributed by atoms with van der Waals surface area (Å²) >= 11 is 18.9. The minimum Gasteiger partial charge on any atom is -0.382 e. The van der Waals surface area contributed by atoms with Crippen molar-refractivity contribution in [3.05, 3.63) is 55.6 Å². The topological polar surface area (TPSA) is 153 Å². The van der Waals surface area contributed by atoms with E-state index in [-0.39, 0.29) is 44.5 Å². The van der Waals surface area contributed by atoms with E-state index in [1.54, 1.807) is 18.3 Å². The number of aromatic nitrogens is 6. The molecule has 0 saturated heterocycles. The predicted molar refractivity (Wildman–Crippen MR) is 124 cm³/mol.